The van der Waals surface area contributed by atoms with Gasteiger partial charge in [-0.3, -0.25) is 4.79 Å². The second-order valence-electron chi connectivity index (χ2n) is 6.82. The van der Waals surface area contributed by atoms with E-state index in [-0.39, 0.29) is 24.2 Å². The number of nitrogens with zero attached hydrogens (tertiary/aromatic N) is 2. The zero-order valence-electron chi connectivity index (χ0n) is 13.7. The topological polar surface area (TPSA) is 72.6 Å². The smallest absolute Gasteiger partial charge is 0.410 e. The van der Waals surface area contributed by atoms with Crippen molar-refractivity contribution in [1.29, 1.82) is 0 Å². The molecule has 1 aromatic heterocycles. The summed E-state index contributed by atoms with van der Waals surface area (Å²) in [5.41, 5.74) is 0.288. The van der Waals surface area contributed by atoms with Crippen LogP contribution in [0.15, 0.2) is 10.6 Å². The Morgan fingerprint density at radius 1 is 1.36 bits per heavy atom. The lowest BCUT2D eigenvalue weighted by atomic mass is 9.90. The molecule has 6 nitrogen and oxygen atoms in total. The zero-order chi connectivity index (χ0) is 16.3. The van der Waals surface area contributed by atoms with Crippen LogP contribution in [-0.4, -0.2) is 40.6 Å². The molecule has 0 aliphatic carbocycles. The van der Waals surface area contributed by atoms with E-state index in [4.69, 9.17) is 9.26 Å². The molecular weight excluding hydrogens is 284 g/mol. The van der Waals surface area contributed by atoms with E-state index in [0.717, 1.165) is 5.69 Å². The molecule has 0 N–H and O–H groups in total. The molecule has 1 aromatic rings. The van der Waals surface area contributed by atoms with Crippen LogP contribution in [0.5, 0.6) is 0 Å². The molecule has 1 amide bonds. The Bertz CT molecular complexity index is 537. The van der Waals surface area contributed by atoms with Gasteiger partial charge in [0.05, 0.1) is 12.1 Å². The van der Waals surface area contributed by atoms with Crippen LogP contribution in [0, 0.1) is 12.8 Å². The van der Waals surface area contributed by atoms with E-state index in [0.29, 0.717) is 31.7 Å². The average molecular weight is 308 g/mol. The van der Waals surface area contributed by atoms with Gasteiger partial charge in [-0.25, -0.2) is 4.79 Å². The van der Waals surface area contributed by atoms with Crippen molar-refractivity contribution < 1.29 is 18.8 Å². The highest BCUT2D eigenvalue weighted by Crippen LogP contribution is 2.22. The van der Waals surface area contributed by atoms with Crippen molar-refractivity contribution in [3.63, 3.8) is 0 Å². The molecule has 1 aliphatic rings. The SMILES string of the molecule is Cc1cc(CC(=O)C2CCN(C(=O)OC(C)(C)C)CC2)on1. The molecule has 0 radical (unpaired) electrons. The molecule has 122 valence electrons. The zero-order valence-corrected chi connectivity index (χ0v) is 13.7. The van der Waals surface area contributed by atoms with Crippen LogP contribution in [0.4, 0.5) is 4.79 Å². The van der Waals surface area contributed by atoms with Crippen LogP contribution in [-0.2, 0) is 16.0 Å². The lowest BCUT2D eigenvalue weighted by molar-refractivity contribution is -0.123. The van der Waals surface area contributed by atoms with E-state index < -0.39 is 5.60 Å². The summed E-state index contributed by atoms with van der Waals surface area (Å²) in [6.45, 7) is 8.49. The Kier molecular flexibility index (Phi) is 4.88. The predicted molar refractivity (Wildman–Crippen MR) is 80.5 cm³/mol. The number of carbonyl (C=O) groups excluding carboxylic acids is 2. The maximum Gasteiger partial charge on any atom is 0.410 e. The van der Waals surface area contributed by atoms with Gasteiger partial charge in [0.1, 0.15) is 17.1 Å². The van der Waals surface area contributed by atoms with E-state index in [9.17, 15) is 9.59 Å². The summed E-state index contributed by atoms with van der Waals surface area (Å²) >= 11 is 0. The summed E-state index contributed by atoms with van der Waals surface area (Å²) in [6, 6.07) is 1.79. The molecule has 0 bridgehead atoms. The maximum absolute atomic E-state index is 12.3. The molecule has 22 heavy (non-hydrogen) atoms. The van der Waals surface area contributed by atoms with Gasteiger partial charge < -0.3 is 14.2 Å². The van der Waals surface area contributed by atoms with Crippen LogP contribution in [0.2, 0.25) is 0 Å². The third kappa shape index (κ3) is 4.58. The van der Waals surface area contributed by atoms with Crippen molar-refractivity contribution >= 4 is 11.9 Å². The van der Waals surface area contributed by atoms with Crippen molar-refractivity contribution in [3.8, 4) is 0 Å². The summed E-state index contributed by atoms with van der Waals surface area (Å²) in [5, 5.41) is 3.79. The number of rotatable bonds is 3. The van der Waals surface area contributed by atoms with Crippen molar-refractivity contribution in [2.24, 2.45) is 5.92 Å². The largest absolute Gasteiger partial charge is 0.444 e. The third-order valence-electron chi connectivity index (χ3n) is 3.63. The monoisotopic (exact) mass is 308 g/mol. The first-order valence-electron chi connectivity index (χ1n) is 7.67. The van der Waals surface area contributed by atoms with Crippen molar-refractivity contribution in [2.45, 2.75) is 52.6 Å². The highest BCUT2D eigenvalue weighted by Gasteiger charge is 2.30. The van der Waals surface area contributed by atoms with Crippen molar-refractivity contribution in [2.75, 3.05) is 13.1 Å². The summed E-state index contributed by atoms with van der Waals surface area (Å²) < 4.78 is 10.4. The number of piperidine rings is 1. The van der Waals surface area contributed by atoms with Crippen LogP contribution in [0.3, 0.4) is 0 Å². The second kappa shape index (κ2) is 6.50. The molecule has 0 spiro atoms. The molecule has 0 aromatic carbocycles. The molecular formula is C16H24N2O4. The first-order chi connectivity index (χ1) is 10.2. The third-order valence-corrected chi connectivity index (χ3v) is 3.63. The van der Waals surface area contributed by atoms with Gasteiger partial charge >= 0.3 is 6.09 Å². The lowest BCUT2D eigenvalue weighted by Crippen LogP contribution is -2.43. The average Bonchev–Trinajstić information content (AvgIpc) is 2.82. The van der Waals surface area contributed by atoms with Gasteiger partial charge in [-0.1, -0.05) is 5.16 Å². The molecule has 2 heterocycles. The Morgan fingerprint density at radius 2 is 2.00 bits per heavy atom. The van der Waals surface area contributed by atoms with Crippen LogP contribution >= 0.6 is 0 Å². The lowest BCUT2D eigenvalue weighted by Gasteiger charge is -2.32. The van der Waals surface area contributed by atoms with Crippen LogP contribution < -0.4 is 0 Å². The normalized spacial score (nSPS) is 16.6. The minimum absolute atomic E-state index is 0.0240. The fraction of sp³-hybridized carbons (Fsp3) is 0.688. The number of aromatic nitrogens is 1. The molecule has 1 saturated heterocycles. The van der Waals surface area contributed by atoms with Gasteiger partial charge in [0, 0.05) is 25.1 Å². The number of likely N-dealkylation sites (tertiary alicyclic amines) is 1. The van der Waals surface area contributed by atoms with Crippen LogP contribution in [0.25, 0.3) is 0 Å². The van der Waals surface area contributed by atoms with Crippen LogP contribution in [0.1, 0.15) is 45.1 Å². The van der Waals surface area contributed by atoms with Gasteiger partial charge in [0.15, 0.2) is 0 Å². The number of hydrogen-bond donors (Lipinski definition) is 0. The predicted octanol–water partition coefficient (Wildman–Crippen LogP) is 2.74. The summed E-state index contributed by atoms with van der Waals surface area (Å²) in [7, 11) is 0. The Morgan fingerprint density at radius 3 is 2.50 bits per heavy atom. The molecule has 2 rings (SSSR count). The van der Waals surface area contributed by atoms with Gasteiger partial charge in [0.25, 0.3) is 0 Å². The molecule has 1 aliphatic heterocycles. The fourth-order valence-corrected chi connectivity index (χ4v) is 2.53. The first-order valence-corrected chi connectivity index (χ1v) is 7.67. The number of aryl methyl sites for hydroxylation is 1. The van der Waals surface area contributed by atoms with E-state index in [1.54, 1.807) is 11.0 Å². The molecule has 1 fully saturated rings. The number of ketones is 1. The number of hydrogen-bond acceptors (Lipinski definition) is 5. The summed E-state index contributed by atoms with van der Waals surface area (Å²) in [4.78, 5) is 25.9. The van der Waals surface area contributed by atoms with Gasteiger partial charge in [-0.2, -0.15) is 0 Å². The number of amides is 1. The molecule has 6 heteroatoms. The quantitative estimate of drug-likeness (QED) is 0.858. The van der Waals surface area contributed by atoms with E-state index in [1.165, 1.54) is 0 Å². The Labute approximate surface area is 130 Å². The van der Waals surface area contributed by atoms with Crippen molar-refractivity contribution in [1.82, 2.24) is 10.1 Å². The summed E-state index contributed by atoms with van der Waals surface area (Å²) in [5.74, 6) is 0.737. The van der Waals surface area contributed by atoms with Crippen molar-refractivity contribution in [3.05, 3.63) is 17.5 Å². The van der Waals surface area contributed by atoms with E-state index in [1.807, 2.05) is 27.7 Å². The Balaban J connectivity index is 1.81. The highest BCUT2D eigenvalue weighted by molar-refractivity contribution is 5.83. The fourth-order valence-electron chi connectivity index (χ4n) is 2.53. The standard InChI is InChI=1S/C16H24N2O4/c1-11-9-13(22-17-11)10-14(19)12-5-7-18(8-6-12)15(20)21-16(2,3)4/h9,12H,5-8,10H2,1-4H3. The molecule has 0 unspecified atom stereocenters. The van der Waals surface area contributed by atoms with Gasteiger partial charge in [-0.05, 0) is 40.5 Å². The molecule has 0 atom stereocenters. The second-order valence-corrected chi connectivity index (χ2v) is 6.82. The van der Waals surface area contributed by atoms with E-state index >= 15 is 0 Å². The summed E-state index contributed by atoms with van der Waals surface area (Å²) in [6.07, 6.45) is 1.32. The Hall–Kier alpha value is -1.85. The molecule has 0 saturated carbocycles. The number of Topliss-reactive ketones (excluding diaryl/α,β-unsaturated/α-hetero) is 1. The van der Waals surface area contributed by atoms with Gasteiger partial charge in [-0.15, -0.1) is 0 Å². The van der Waals surface area contributed by atoms with Gasteiger partial charge in [0.2, 0.25) is 0 Å². The van der Waals surface area contributed by atoms with E-state index in [2.05, 4.69) is 5.16 Å². The first kappa shape index (κ1) is 16.5. The minimum Gasteiger partial charge on any atom is -0.444 e. The number of carbonyl (C=O) groups is 2. The number of ether oxygens (including phenoxy) is 1. The minimum atomic E-state index is -0.492. The maximum atomic E-state index is 12.3. The highest BCUT2D eigenvalue weighted by atomic mass is 16.6.